The molecule has 1 aliphatic rings. The van der Waals surface area contributed by atoms with Crippen LogP contribution in [-0.2, 0) is 0 Å². The van der Waals surface area contributed by atoms with E-state index in [4.69, 9.17) is 9.15 Å². The highest BCUT2D eigenvalue weighted by molar-refractivity contribution is 5.74. The summed E-state index contributed by atoms with van der Waals surface area (Å²) in [5, 5.41) is 3.37. The lowest BCUT2D eigenvalue weighted by atomic mass is 9.99. The van der Waals surface area contributed by atoms with Gasteiger partial charge in [-0.1, -0.05) is 13.8 Å². The van der Waals surface area contributed by atoms with Crippen molar-refractivity contribution < 1.29 is 9.15 Å². The molecule has 0 aliphatic carbocycles. The van der Waals surface area contributed by atoms with E-state index in [0.717, 1.165) is 42.4 Å². The Hall–Kier alpha value is -1.55. The van der Waals surface area contributed by atoms with Gasteiger partial charge in [-0.2, -0.15) is 0 Å². The number of nitrogens with zero attached hydrogens (tertiary/aromatic N) is 1. The Kier molecular flexibility index (Phi) is 3.92. The average molecular weight is 274 g/mol. The minimum absolute atomic E-state index is 0.307. The third kappa shape index (κ3) is 2.96. The van der Waals surface area contributed by atoms with E-state index in [1.807, 2.05) is 18.2 Å². The van der Waals surface area contributed by atoms with Crippen molar-refractivity contribution in [3.05, 3.63) is 24.1 Å². The number of ether oxygens (including phenoxy) is 1. The Morgan fingerprint density at radius 1 is 1.35 bits per heavy atom. The van der Waals surface area contributed by atoms with Crippen LogP contribution in [0.25, 0.3) is 11.1 Å². The van der Waals surface area contributed by atoms with Gasteiger partial charge in [0.15, 0.2) is 11.5 Å². The Bertz CT molecular complexity index is 571. The second-order valence-corrected chi connectivity index (χ2v) is 5.84. The lowest BCUT2D eigenvalue weighted by molar-refractivity contribution is 0.215. The number of rotatable bonds is 4. The van der Waals surface area contributed by atoms with E-state index in [1.54, 1.807) is 0 Å². The van der Waals surface area contributed by atoms with E-state index < -0.39 is 0 Å². The molecular weight excluding hydrogens is 252 g/mol. The fraction of sp³-hybridized carbons (Fsp3) is 0.562. The average Bonchev–Trinajstić information content (AvgIpc) is 2.89. The minimum Gasteiger partial charge on any atom is -0.493 e. The van der Waals surface area contributed by atoms with Crippen molar-refractivity contribution in [1.29, 1.82) is 0 Å². The van der Waals surface area contributed by atoms with Crippen LogP contribution in [-0.4, -0.2) is 24.7 Å². The van der Waals surface area contributed by atoms with Crippen molar-refractivity contribution in [2.45, 2.75) is 32.6 Å². The molecule has 0 spiro atoms. The number of hydrogen-bond acceptors (Lipinski definition) is 4. The van der Waals surface area contributed by atoms with E-state index in [2.05, 4.69) is 24.1 Å². The molecule has 0 radical (unpaired) electrons. The van der Waals surface area contributed by atoms with Gasteiger partial charge in [0, 0.05) is 12.0 Å². The van der Waals surface area contributed by atoms with E-state index in [9.17, 15) is 0 Å². The van der Waals surface area contributed by atoms with Crippen LogP contribution in [0.15, 0.2) is 22.6 Å². The van der Waals surface area contributed by atoms with Crippen molar-refractivity contribution in [1.82, 2.24) is 10.3 Å². The van der Waals surface area contributed by atoms with Crippen molar-refractivity contribution in [2.24, 2.45) is 5.92 Å². The maximum absolute atomic E-state index is 5.91. The number of aromatic nitrogens is 1. The quantitative estimate of drug-likeness (QED) is 0.929. The van der Waals surface area contributed by atoms with Crippen molar-refractivity contribution >= 4 is 11.1 Å². The van der Waals surface area contributed by atoms with E-state index in [-0.39, 0.29) is 0 Å². The first-order valence-electron chi connectivity index (χ1n) is 7.46. The summed E-state index contributed by atoms with van der Waals surface area (Å²) in [6, 6.07) is 5.90. The Labute approximate surface area is 119 Å². The number of oxazole rings is 1. The zero-order valence-electron chi connectivity index (χ0n) is 12.2. The molecule has 2 aromatic rings. The SMILES string of the molecule is CC(C)c1nc2cc(OCC3CCNCC3)ccc2o1. The van der Waals surface area contributed by atoms with Gasteiger partial charge >= 0.3 is 0 Å². The fourth-order valence-electron chi connectivity index (χ4n) is 2.52. The van der Waals surface area contributed by atoms with Gasteiger partial charge in [-0.25, -0.2) is 4.98 Å². The number of piperidine rings is 1. The summed E-state index contributed by atoms with van der Waals surface area (Å²) in [6.45, 7) is 7.17. The minimum atomic E-state index is 0.307. The standard InChI is InChI=1S/C16H22N2O2/c1-11(2)16-18-14-9-13(3-4-15(14)20-16)19-10-12-5-7-17-8-6-12/h3-4,9,11-12,17H,5-8,10H2,1-2H3. The molecule has 0 atom stereocenters. The van der Waals surface area contributed by atoms with Crippen LogP contribution in [0, 0.1) is 5.92 Å². The Balaban J connectivity index is 1.68. The first kappa shape index (κ1) is 13.4. The summed E-state index contributed by atoms with van der Waals surface area (Å²) in [5.41, 5.74) is 1.72. The van der Waals surface area contributed by atoms with Gasteiger partial charge in [-0.15, -0.1) is 0 Å². The monoisotopic (exact) mass is 274 g/mol. The molecule has 108 valence electrons. The van der Waals surface area contributed by atoms with E-state index in [1.165, 1.54) is 12.8 Å². The highest BCUT2D eigenvalue weighted by Crippen LogP contribution is 2.25. The molecule has 1 aromatic heterocycles. The van der Waals surface area contributed by atoms with Crippen molar-refractivity contribution in [3.8, 4) is 5.75 Å². The molecule has 0 saturated carbocycles. The third-order valence-corrected chi connectivity index (χ3v) is 3.81. The molecule has 0 amide bonds. The van der Waals surface area contributed by atoms with Gasteiger partial charge in [-0.05, 0) is 44.0 Å². The van der Waals surface area contributed by atoms with Gasteiger partial charge in [-0.3, -0.25) is 0 Å². The van der Waals surface area contributed by atoms with Crippen LogP contribution in [0.1, 0.15) is 38.5 Å². The largest absolute Gasteiger partial charge is 0.493 e. The van der Waals surface area contributed by atoms with Crippen LogP contribution in [0.5, 0.6) is 5.75 Å². The predicted molar refractivity (Wildman–Crippen MR) is 79.2 cm³/mol. The Morgan fingerprint density at radius 2 is 2.15 bits per heavy atom. The maximum atomic E-state index is 5.91. The summed E-state index contributed by atoms with van der Waals surface area (Å²) in [6.07, 6.45) is 2.40. The van der Waals surface area contributed by atoms with Crippen LogP contribution in [0.3, 0.4) is 0 Å². The summed E-state index contributed by atoms with van der Waals surface area (Å²) in [5.74, 6) is 2.65. The zero-order chi connectivity index (χ0) is 13.9. The highest BCUT2D eigenvalue weighted by Gasteiger charge is 2.14. The normalized spacial score (nSPS) is 16.9. The van der Waals surface area contributed by atoms with Gasteiger partial charge in [0.05, 0.1) is 6.61 Å². The van der Waals surface area contributed by atoms with Crippen LogP contribution >= 0.6 is 0 Å². The molecule has 0 unspecified atom stereocenters. The fourth-order valence-corrected chi connectivity index (χ4v) is 2.52. The number of nitrogens with one attached hydrogen (secondary N) is 1. The van der Waals surface area contributed by atoms with Crippen molar-refractivity contribution in [2.75, 3.05) is 19.7 Å². The molecule has 1 N–H and O–H groups in total. The van der Waals surface area contributed by atoms with Gasteiger partial charge in [0.1, 0.15) is 11.3 Å². The summed E-state index contributed by atoms with van der Waals surface area (Å²) >= 11 is 0. The summed E-state index contributed by atoms with van der Waals surface area (Å²) in [7, 11) is 0. The van der Waals surface area contributed by atoms with Crippen LogP contribution < -0.4 is 10.1 Å². The first-order valence-corrected chi connectivity index (χ1v) is 7.46. The highest BCUT2D eigenvalue weighted by atomic mass is 16.5. The van der Waals surface area contributed by atoms with Crippen molar-refractivity contribution in [3.63, 3.8) is 0 Å². The molecule has 2 heterocycles. The molecule has 1 aromatic carbocycles. The van der Waals surface area contributed by atoms with Crippen LogP contribution in [0.2, 0.25) is 0 Å². The molecule has 4 heteroatoms. The molecule has 20 heavy (non-hydrogen) atoms. The molecular formula is C16H22N2O2. The predicted octanol–water partition coefficient (Wildman–Crippen LogP) is 3.33. The zero-order valence-corrected chi connectivity index (χ0v) is 12.2. The van der Waals surface area contributed by atoms with Gasteiger partial charge in [0.25, 0.3) is 0 Å². The molecule has 1 saturated heterocycles. The Morgan fingerprint density at radius 3 is 2.90 bits per heavy atom. The molecule has 4 nitrogen and oxygen atoms in total. The summed E-state index contributed by atoms with van der Waals surface area (Å²) < 4.78 is 11.6. The number of fused-ring (bicyclic) bond motifs is 1. The smallest absolute Gasteiger partial charge is 0.198 e. The van der Waals surface area contributed by atoms with Gasteiger partial charge < -0.3 is 14.5 Å². The third-order valence-electron chi connectivity index (χ3n) is 3.81. The number of hydrogen-bond donors (Lipinski definition) is 1. The molecule has 1 fully saturated rings. The molecule has 1 aliphatic heterocycles. The van der Waals surface area contributed by atoms with E-state index >= 15 is 0 Å². The van der Waals surface area contributed by atoms with Crippen LogP contribution in [0.4, 0.5) is 0 Å². The summed E-state index contributed by atoms with van der Waals surface area (Å²) in [4.78, 5) is 4.51. The second-order valence-electron chi connectivity index (χ2n) is 5.84. The lowest BCUT2D eigenvalue weighted by Crippen LogP contribution is -2.30. The first-order chi connectivity index (χ1) is 9.72. The maximum Gasteiger partial charge on any atom is 0.198 e. The van der Waals surface area contributed by atoms with E-state index in [0.29, 0.717) is 11.8 Å². The topological polar surface area (TPSA) is 47.3 Å². The molecule has 3 rings (SSSR count). The lowest BCUT2D eigenvalue weighted by Gasteiger charge is -2.22. The second kappa shape index (κ2) is 5.83. The molecule has 0 bridgehead atoms. The van der Waals surface area contributed by atoms with Gasteiger partial charge in [0.2, 0.25) is 0 Å². The number of benzene rings is 1.